The Kier molecular flexibility index (Phi) is 4.91. The van der Waals surface area contributed by atoms with Crippen LogP contribution in [-0.4, -0.2) is 18.7 Å². The van der Waals surface area contributed by atoms with Crippen molar-refractivity contribution in [3.8, 4) is 11.5 Å². The van der Waals surface area contributed by atoms with E-state index in [1.54, 1.807) is 6.20 Å². The predicted molar refractivity (Wildman–Crippen MR) is 85.2 cm³/mol. The summed E-state index contributed by atoms with van der Waals surface area (Å²) in [6, 6.07) is 15.2. The molecule has 0 spiro atoms. The van der Waals surface area contributed by atoms with Crippen molar-refractivity contribution in [2.24, 2.45) is 0 Å². The molecule has 0 fully saturated rings. The maximum absolute atomic E-state index is 12.2. The fraction of sp³-hybridized carbons (Fsp3) is 0.176. The molecule has 0 aliphatic rings. The molecule has 1 aromatic carbocycles. The maximum Gasteiger partial charge on any atom is 0.286 e. The van der Waals surface area contributed by atoms with Crippen molar-refractivity contribution < 1.29 is 9.53 Å². The minimum atomic E-state index is -2.41. The Bertz CT molecular complexity index is 657. The molecule has 0 N–H and O–H groups in total. The minimum Gasteiger partial charge on any atom is -0.464 e. The molecule has 0 saturated carbocycles. The zero-order valence-corrected chi connectivity index (χ0v) is 13.2. The van der Waals surface area contributed by atoms with Gasteiger partial charge in [-0.25, -0.2) is 4.98 Å². The van der Waals surface area contributed by atoms with Crippen LogP contribution in [0.3, 0.4) is 0 Å². The molecule has 0 unspecified atom stereocenters. The first-order chi connectivity index (χ1) is 10.1. The first-order valence-corrected chi connectivity index (χ1v) is 9.73. The summed E-state index contributed by atoms with van der Waals surface area (Å²) in [6.45, 7) is 4.06. The van der Waals surface area contributed by atoms with Crippen molar-refractivity contribution in [1.82, 2.24) is 4.98 Å². The van der Waals surface area contributed by atoms with Gasteiger partial charge in [0.25, 0.3) is 13.7 Å². The van der Waals surface area contributed by atoms with E-state index in [9.17, 15) is 4.79 Å². The van der Waals surface area contributed by atoms with Crippen LogP contribution in [0.2, 0.25) is 13.1 Å². The third kappa shape index (κ3) is 4.58. The molecule has 0 amide bonds. The Morgan fingerprint density at radius 2 is 1.86 bits per heavy atom. The van der Waals surface area contributed by atoms with Gasteiger partial charge >= 0.3 is 0 Å². The number of ether oxygens (including phenoxy) is 1. The second-order valence-electron chi connectivity index (χ2n) is 5.15. The molecule has 3 nitrogen and oxygen atoms in total. The average molecular weight is 295 g/mol. The van der Waals surface area contributed by atoms with Crippen LogP contribution in [0.5, 0.6) is 0 Å². The first kappa shape index (κ1) is 15.0. The van der Waals surface area contributed by atoms with Crippen molar-refractivity contribution in [2.45, 2.75) is 19.7 Å². The van der Waals surface area contributed by atoms with E-state index in [2.05, 4.69) is 16.4 Å². The highest BCUT2D eigenvalue weighted by Gasteiger charge is 2.31. The normalized spacial score (nSPS) is 10.4. The van der Waals surface area contributed by atoms with E-state index in [0.717, 1.165) is 5.56 Å². The molecule has 2 aromatic rings. The highest BCUT2D eigenvalue weighted by Crippen LogP contribution is 2.09. The van der Waals surface area contributed by atoms with Crippen LogP contribution in [-0.2, 0) is 11.3 Å². The van der Waals surface area contributed by atoms with Crippen molar-refractivity contribution in [3.63, 3.8) is 0 Å². The quantitative estimate of drug-likeness (QED) is 0.641. The molecule has 0 radical (unpaired) electrons. The van der Waals surface area contributed by atoms with Crippen LogP contribution in [0.1, 0.15) is 11.3 Å². The summed E-state index contributed by atoms with van der Waals surface area (Å²) in [5.41, 5.74) is 4.52. The molecule has 4 heteroatoms. The fourth-order valence-electron chi connectivity index (χ4n) is 1.61. The number of pyridine rings is 1. The summed E-state index contributed by atoms with van der Waals surface area (Å²) in [5, 5.41) is 0. The summed E-state index contributed by atoms with van der Waals surface area (Å²) >= 11 is 0. The lowest BCUT2D eigenvalue weighted by Gasteiger charge is -2.13. The molecular weight excluding hydrogens is 278 g/mol. The summed E-state index contributed by atoms with van der Waals surface area (Å²) in [7, 11) is -2.41. The summed E-state index contributed by atoms with van der Waals surface area (Å²) in [4.78, 5) is 16.3. The largest absolute Gasteiger partial charge is 0.464 e. The van der Waals surface area contributed by atoms with E-state index in [1.807, 2.05) is 61.6 Å². The molecule has 1 heterocycles. The fourth-order valence-corrected chi connectivity index (χ4v) is 2.59. The molecule has 106 valence electrons. The van der Waals surface area contributed by atoms with E-state index in [-0.39, 0.29) is 5.59 Å². The Morgan fingerprint density at radius 3 is 2.52 bits per heavy atom. The van der Waals surface area contributed by atoms with Crippen molar-refractivity contribution in [1.29, 1.82) is 0 Å². The third-order valence-corrected chi connectivity index (χ3v) is 4.81. The van der Waals surface area contributed by atoms with E-state index in [1.165, 1.54) is 0 Å². The second kappa shape index (κ2) is 6.87. The van der Waals surface area contributed by atoms with Gasteiger partial charge in [0.15, 0.2) is 0 Å². The standard InChI is InChI=1S/C17H17NO2Si/c1-21(2,13-11-16-10-6-7-12-18-16)17(19)20-14-15-8-4-3-5-9-15/h3-10,12H,14H2,1-2H3. The van der Waals surface area contributed by atoms with Gasteiger partial charge in [-0.05, 0) is 30.8 Å². The van der Waals surface area contributed by atoms with Crippen LogP contribution in [0.15, 0.2) is 54.7 Å². The minimum absolute atomic E-state index is 0.199. The first-order valence-electron chi connectivity index (χ1n) is 6.73. The monoisotopic (exact) mass is 295 g/mol. The number of benzene rings is 1. The molecule has 0 aliphatic carbocycles. The number of aromatic nitrogens is 1. The van der Waals surface area contributed by atoms with E-state index in [4.69, 9.17) is 4.74 Å². The van der Waals surface area contributed by atoms with Gasteiger partial charge in [0.2, 0.25) is 0 Å². The highest BCUT2D eigenvalue weighted by molar-refractivity contribution is 7.08. The third-order valence-electron chi connectivity index (χ3n) is 2.89. The van der Waals surface area contributed by atoms with Crippen molar-refractivity contribution in [3.05, 3.63) is 66.0 Å². The predicted octanol–water partition coefficient (Wildman–Crippen LogP) is 3.60. The van der Waals surface area contributed by atoms with Gasteiger partial charge in [-0.2, -0.15) is 0 Å². The SMILES string of the molecule is C[Si](C)(C#Cc1ccccn1)C(=O)OCc1ccccc1. The Labute approximate surface area is 126 Å². The van der Waals surface area contributed by atoms with E-state index < -0.39 is 8.07 Å². The molecule has 0 aliphatic heterocycles. The number of hydrogen-bond acceptors (Lipinski definition) is 3. The second-order valence-corrected chi connectivity index (χ2v) is 9.06. The Morgan fingerprint density at radius 1 is 1.14 bits per heavy atom. The van der Waals surface area contributed by atoms with Gasteiger partial charge in [-0.15, -0.1) is 5.54 Å². The Hall–Kier alpha value is -2.38. The molecular formula is C17H17NO2Si. The summed E-state index contributed by atoms with van der Waals surface area (Å²) in [5.74, 6) is 2.96. The lowest BCUT2D eigenvalue weighted by molar-refractivity contribution is 0.164. The van der Waals surface area contributed by atoms with Crippen LogP contribution in [0, 0.1) is 11.5 Å². The smallest absolute Gasteiger partial charge is 0.286 e. The average Bonchev–Trinajstić information content (AvgIpc) is 2.52. The molecule has 0 bridgehead atoms. The molecule has 0 saturated heterocycles. The van der Waals surface area contributed by atoms with Crippen molar-refractivity contribution in [2.75, 3.05) is 0 Å². The Balaban J connectivity index is 1.99. The highest BCUT2D eigenvalue weighted by atomic mass is 28.3. The van der Waals surface area contributed by atoms with Gasteiger partial charge in [0.1, 0.15) is 12.3 Å². The maximum atomic E-state index is 12.2. The van der Waals surface area contributed by atoms with Gasteiger partial charge in [-0.3, -0.25) is 4.79 Å². The van der Waals surface area contributed by atoms with Gasteiger partial charge in [0, 0.05) is 6.20 Å². The van der Waals surface area contributed by atoms with Gasteiger partial charge in [-0.1, -0.05) is 42.3 Å². The van der Waals surface area contributed by atoms with Crippen LogP contribution in [0.25, 0.3) is 0 Å². The number of hydrogen-bond donors (Lipinski definition) is 0. The summed E-state index contributed by atoms with van der Waals surface area (Å²) < 4.78 is 5.38. The number of rotatable bonds is 3. The van der Waals surface area contributed by atoms with Crippen LogP contribution < -0.4 is 0 Å². The molecule has 2 rings (SSSR count). The zero-order valence-electron chi connectivity index (χ0n) is 12.2. The number of carbonyl (C=O) groups is 1. The molecule has 1 aromatic heterocycles. The van der Waals surface area contributed by atoms with E-state index in [0.29, 0.717) is 12.3 Å². The van der Waals surface area contributed by atoms with Crippen LogP contribution in [0.4, 0.5) is 4.79 Å². The summed E-state index contributed by atoms with van der Waals surface area (Å²) in [6.07, 6.45) is 1.69. The lowest BCUT2D eigenvalue weighted by Crippen LogP contribution is -2.36. The molecule has 0 atom stereocenters. The van der Waals surface area contributed by atoms with Crippen LogP contribution >= 0.6 is 0 Å². The number of nitrogens with zero attached hydrogens (tertiary/aromatic N) is 1. The lowest BCUT2D eigenvalue weighted by atomic mass is 10.2. The van der Waals surface area contributed by atoms with Gasteiger partial charge < -0.3 is 4.74 Å². The van der Waals surface area contributed by atoms with Gasteiger partial charge in [0.05, 0.1) is 0 Å². The zero-order chi connectivity index (χ0) is 15.1. The van der Waals surface area contributed by atoms with Crippen molar-refractivity contribution >= 4 is 13.7 Å². The van der Waals surface area contributed by atoms with E-state index >= 15 is 0 Å². The molecule has 21 heavy (non-hydrogen) atoms. The number of carbonyl (C=O) groups excluding carboxylic acids is 1. The topological polar surface area (TPSA) is 39.2 Å².